The summed E-state index contributed by atoms with van der Waals surface area (Å²) in [4.78, 5) is 10.9. The van der Waals surface area contributed by atoms with Crippen LogP contribution in [0.1, 0.15) is 32.1 Å². The molecular weight excluding hydrogens is 256 g/mol. The summed E-state index contributed by atoms with van der Waals surface area (Å²) in [7, 11) is -2.03. The van der Waals surface area contributed by atoms with Crippen LogP contribution >= 0.6 is 0 Å². The number of ether oxygens (including phenoxy) is 1. The minimum atomic E-state index is -3.33. The number of carbonyl (C=O) groups is 1. The molecule has 2 unspecified atom stereocenters. The van der Waals surface area contributed by atoms with E-state index in [1.165, 1.54) is 7.11 Å². The SMILES string of the molecule is COC(=O)CCCS(=O)(=O)NC1CCCC1CN. The highest BCUT2D eigenvalue weighted by molar-refractivity contribution is 7.89. The molecule has 0 bridgehead atoms. The molecule has 0 radical (unpaired) electrons. The van der Waals surface area contributed by atoms with Gasteiger partial charge in [-0.3, -0.25) is 4.79 Å². The number of esters is 1. The van der Waals surface area contributed by atoms with Crippen molar-refractivity contribution in [2.75, 3.05) is 19.4 Å². The molecule has 1 saturated carbocycles. The first-order chi connectivity index (χ1) is 8.48. The number of hydrogen-bond donors (Lipinski definition) is 2. The van der Waals surface area contributed by atoms with Gasteiger partial charge in [0.05, 0.1) is 12.9 Å². The van der Waals surface area contributed by atoms with Crippen molar-refractivity contribution in [3.05, 3.63) is 0 Å². The molecule has 1 rings (SSSR count). The van der Waals surface area contributed by atoms with Gasteiger partial charge in [0.15, 0.2) is 0 Å². The van der Waals surface area contributed by atoms with Gasteiger partial charge in [-0.05, 0) is 31.7 Å². The van der Waals surface area contributed by atoms with Crippen molar-refractivity contribution in [1.82, 2.24) is 4.72 Å². The smallest absolute Gasteiger partial charge is 0.305 e. The molecule has 7 heteroatoms. The molecule has 0 amide bonds. The Bertz CT molecular complexity index is 369. The summed E-state index contributed by atoms with van der Waals surface area (Å²) < 4.78 is 30.8. The monoisotopic (exact) mass is 278 g/mol. The van der Waals surface area contributed by atoms with Crippen molar-refractivity contribution in [3.8, 4) is 0 Å². The van der Waals surface area contributed by atoms with Crippen LogP contribution in [0.2, 0.25) is 0 Å². The van der Waals surface area contributed by atoms with Gasteiger partial charge < -0.3 is 10.5 Å². The van der Waals surface area contributed by atoms with Gasteiger partial charge in [0.1, 0.15) is 0 Å². The van der Waals surface area contributed by atoms with E-state index in [4.69, 9.17) is 5.73 Å². The van der Waals surface area contributed by atoms with Crippen LogP contribution in [-0.4, -0.2) is 39.8 Å². The molecule has 2 atom stereocenters. The molecule has 0 aromatic heterocycles. The average molecular weight is 278 g/mol. The summed E-state index contributed by atoms with van der Waals surface area (Å²) in [5.74, 6) is -0.193. The van der Waals surface area contributed by atoms with Gasteiger partial charge in [0, 0.05) is 12.5 Å². The zero-order valence-corrected chi connectivity index (χ0v) is 11.5. The number of nitrogens with two attached hydrogens (primary N) is 1. The van der Waals surface area contributed by atoms with Crippen molar-refractivity contribution >= 4 is 16.0 Å². The lowest BCUT2D eigenvalue weighted by Gasteiger charge is -2.19. The fraction of sp³-hybridized carbons (Fsp3) is 0.909. The average Bonchev–Trinajstić information content (AvgIpc) is 2.74. The minimum absolute atomic E-state index is 0.0434. The Balaban J connectivity index is 2.37. The van der Waals surface area contributed by atoms with E-state index in [1.807, 2.05) is 0 Å². The third-order valence-electron chi connectivity index (χ3n) is 3.31. The Labute approximate surface area is 108 Å². The van der Waals surface area contributed by atoms with Gasteiger partial charge in [0.2, 0.25) is 10.0 Å². The first-order valence-electron chi connectivity index (χ1n) is 6.25. The predicted octanol–water partition coefficient (Wildman–Crippen LogP) is -0.0136. The molecule has 18 heavy (non-hydrogen) atoms. The normalized spacial score (nSPS) is 24.1. The van der Waals surface area contributed by atoms with Gasteiger partial charge >= 0.3 is 5.97 Å². The number of hydrogen-bond acceptors (Lipinski definition) is 5. The van der Waals surface area contributed by atoms with E-state index >= 15 is 0 Å². The lowest BCUT2D eigenvalue weighted by Crippen LogP contribution is -2.40. The highest BCUT2D eigenvalue weighted by atomic mass is 32.2. The number of carbonyl (C=O) groups excluding carboxylic acids is 1. The Hall–Kier alpha value is -0.660. The second-order valence-corrected chi connectivity index (χ2v) is 6.52. The summed E-state index contributed by atoms with van der Waals surface area (Å²) in [5, 5.41) is 0. The quantitative estimate of drug-likeness (QED) is 0.638. The fourth-order valence-electron chi connectivity index (χ4n) is 2.27. The van der Waals surface area contributed by atoms with Crippen LogP contribution in [0.15, 0.2) is 0 Å². The highest BCUT2D eigenvalue weighted by Gasteiger charge is 2.29. The molecular formula is C11H22N2O4S. The van der Waals surface area contributed by atoms with E-state index < -0.39 is 10.0 Å². The van der Waals surface area contributed by atoms with E-state index in [0.717, 1.165) is 19.3 Å². The molecule has 0 heterocycles. The number of sulfonamides is 1. The number of methoxy groups -OCH3 is 1. The van der Waals surface area contributed by atoms with Crippen LogP contribution in [-0.2, 0) is 19.6 Å². The molecule has 1 fully saturated rings. The van der Waals surface area contributed by atoms with Crippen LogP contribution in [0.3, 0.4) is 0 Å². The Morgan fingerprint density at radius 1 is 1.44 bits per heavy atom. The maximum Gasteiger partial charge on any atom is 0.305 e. The third-order valence-corrected chi connectivity index (χ3v) is 4.80. The van der Waals surface area contributed by atoms with Crippen molar-refractivity contribution in [2.24, 2.45) is 11.7 Å². The lowest BCUT2D eigenvalue weighted by molar-refractivity contribution is -0.140. The second kappa shape index (κ2) is 7.06. The third kappa shape index (κ3) is 4.91. The maximum atomic E-state index is 11.8. The van der Waals surface area contributed by atoms with Crippen molar-refractivity contribution in [1.29, 1.82) is 0 Å². The second-order valence-electron chi connectivity index (χ2n) is 4.65. The van der Waals surface area contributed by atoms with Crippen molar-refractivity contribution < 1.29 is 17.9 Å². The molecule has 1 aliphatic rings. The Kier molecular flexibility index (Phi) is 6.04. The molecule has 6 nitrogen and oxygen atoms in total. The van der Waals surface area contributed by atoms with Gasteiger partial charge in [0.25, 0.3) is 0 Å². The van der Waals surface area contributed by atoms with Crippen LogP contribution in [0.4, 0.5) is 0 Å². The molecule has 0 aromatic carbocycles. The van der Waals surface area contributed by atoms with Gasteiger partial charge in [-0.25, -0.2) is 13.1 Å². The molecule has 0 saturated heterocycles. The molecule has 0 spiro atoms. The van der Waals surface area contributed by atoms with Crippen molar-refractivity contribution in [2.45, 2.75) is 38.1 Å². The zero-order valence-electron chi connectivity index (χ0n) is 10.7. The summed E-state index contributed by atoms with van der Waals surface area (Å²) in [6, 6.07) is -0.0434. The topological polar surface area (TPSA) is 98.5 Å². The van der Waals surface area contributed by atoms with E-state index in [2.05, 4.69) is 9.46 Å². The largest absolute Gasteiger partial charge is 0.469 e. The fourth-order valence-corrected chi connectivity index (χ4v) is 3.69. The van der Waals surface area contributed by atoms with Crippen LogP contribution in [0.5, 0.6) is 0 Å². The molecule has 106 valence electrons. The van der Waals surface area contributed by atoms with Crippen LogP contribution in [0, 0.1) is 5.92 Å². The van der Waals surface area contributed by atoms with Crippen molar-refractivity contribution in [3.63, 3.8) is 0 Å². The standard InChI is InChI=1S/C11H22N2O4S/c1-17-11(14)6-3-7-18(15,16)13-10-5-2-4-9(10)8-12/h9-10,13H,2-8,12H2,1H3. The molecule has 0 aliphatic heterocycles. The summed E-state index contributed by atoms with van der Waals surface area (Å²) in [6.45, 7) is 0.509. The molecule has 3 N–H and O–H groups in total. The van der Waals surface area contributed by atoms with E-state index in [-0.39, 0.29) is 36.5 Å². The summed E-state index contributed by atoms with van der Waals surface area (Å²) >= 11 is 0. The Morgan fingerprint density at radius 3 is 2.78 bits per heavy atom. The molecule has 0 aromatic rings. The van der Waals surface area contributed by atoms with Crippen LogP contribution in [0.25, 0.3) is 0 Å². The van der Waals surface area contributed by atoms with Gasteiger partial charge in [-0.1, -0.05) is 6.42 Å². The predicted molar refractivity (Wildman–Crippen MR) is 68.4 cm³/mol. The zero-order chi connectivity index (χ0) is 13.6. The van der Waals surface area contributed by atoms with E-state index in [9.17, 15) is 13.2 Å². The molecule has 1 aliphatic carbocycles. The summed E-state index contributed by atoms with van der Waals surface area (Å²) in [5.41, 5.74) is 5.60. The number of rotatable bonds is 7. The lowest BCUT2D eigenvalue weighted by atomic mass is 10.1. The maximum absolute atomic E-state index is 11.8. The van der Waals surface area contributed by atoms with Crippen LogP contribution < -0.4 is 10.5 Å². The van der Waals surface area contributed by atoms with E-state index in [1.54, 1.807) is 0 Å². The summed E-state index contributed by atoms with van der Waals surface area (Å²) in [6.07, 6.45) is 3.24. The van der Waals surface area contributed by atoms with Gasteiger partial charge in [-0.2, -0.15) is 0 Å². The first kappa shape index (κ1) is 15.4. The highest BCUT2D eigenvalue weighted by Crippen LogP contribution is 2.25. The first-order valence-corrected chi connectivity index (χ1v) is 7.90. The van der Waals surface area contributed by atoms with Gasteiger partial charge in [-0.15, -0.1) is 0 Å². The minimum Gasteiger partial charge on any atom is -0.469 e. The van der Waals surface area contributed by atoms with E-state index in [0.29, 0.717) is 6.54 Å². The number of nitrogens with one attached hydrogen (secondary N) is 1. The Morgan fingerprint density at radius 2 is 2.17 bits per heavy atom.